The Bertz CT molecular complexity index is 485. The van der Waals surface area contributed by atoms with Gasteiger partial charge in [0.15, 0.2) is 11.5 Å². The van der Waals surface area contributed by atoms with Gasteiger partial charge in [0, 0.05) is 12.4 Å². The van der Waals surface area contributed by atoms with Gasteiger partial charge in [0.2, 0.25) is 0 Å². The molecule has 1 unspecified atom stereocenters. The minimum absolute atomic E-state index is 0.203. The molecule has 1 aromatic carbocycles. The van der Waals surface area contributed by atoms with Crippen LogP contribution < -0.4 is 14.9 Å². The van der Waals surface area contributed by atoms with Gasteiger partial charge >= 0.3 is 0 Å². The second-order valence-corrected chi connectivity index (χ2v) is 4.07. The normalized spacial score (nSPS) is 11.9. The molecule has 2 N–H and O–H groups in total. The summed E-state index contributed by atoms with van der Waals surface area (Å²) in [6, 6.07) is 11.2. The lowest BCUT2D eigenvalue weighted by Crippen LogP contribution is -2.30. The first-order valence-electron chi connectivity index (χ1n) is 6.10. The molecule has 0 fully saturated rings. The van der Waals surface area contributed by atoms with E-state index in [-0.39, 0.29) is 6.61 Å². The molecule has 1 atom stereocenters. The quantitative estimate of drug-likeness (QED) is 0.793. The monoisotopic (exact) mass is 262 g/mol. The van der Waals surface area contributed by atoms with Crippen molar-refractivity contribution in [3.63, 3.8) is 0 Å². The van der Waals surface area contributed by atoms with Crippen LogP contribution in [0.1, 0.15) is 0 Å². The summed E-state index contributed by atoms with van der Waals surface area (Å²) in [6.45, 7) is 0.610. The minimum Gasteiger partial charge on any atom is -0.493 e. The molecule has 19 heavy (non-hydrogen) atoms. The Morgan fingerprint density at radius 3 is 2.53 bits per heavy atom. The number of ether oxygens (including phenoxy) is 2. The van der Waals surface area contributed by atoms with Crippen LogP contribution in [0.15, 0.2) is 48.8 Å². The average Bonchev–Trinajstić information content (AvgIpc) is 2.96. The number of benzene rings is 1. The van der Waals surface area contributed by atoms with Crippen LogP contribution in [0.4, 0.5) is 0 Å². The van der Waals surface area contributed by atoms with Gasteiger partial charge in [-0.15, -0.1) is 0 Å². The summed E-state index contributed by atoms with van der Waals surface area (Å²) in [7, 11) is 1.59. The van der Waals surface area contributed by atoms with E-state index in [0.29, 0.717) is 18.0 Å². The molecular weight excluding hydrogens is 244 g/mol. The lowest BCUT2D eigenvalue weighted by Gasteiger charge is -2.15. The van der Waals surface area contributed by atoms with Crippen molar-refractivity contribution >= 4 is 0 Å². The number of para-hydroxylation sites is 2. The van der Waals surface area contributed by atoms with Crippen LogP contribution in [0.3, 0.4) is 0 Å². The van der Waals surface area contributed by atoms with E-state index in [1.165, 1.54) is 0 Å². The van der Waals surface area contributed by atoms with Gasteiger partial charge in [-0.1, -0.05) is 12.1 Å². The molecule has 0 aliphatic heterocycles. The van der Waals surface area contributed by atoms with E-state index in [1.54, 1.807) is 11.8 Å². The highest BCUT2D eigenvalue weighted by Crippen LogP contribution is 2.25. The molecule has 1 heterocycles. The van der Waals surface area contributed by atoms with Crippen molar-refractivity contribution in [1.82, 2.24) is 4.68 Å². The van der Waals surface area contributed by atoms with Crippen LogP contribution in [-0.2, 0) is 0 Å². The summed E-state index contributed by atoms with van der Waals surface area (Å²) >= 11 is 0. The first-order chi connectivity index (χ1) is 9.29. The van der Waals surface area contributed by atoms with Crippen LogP contribution >= 0.6 is 0 Å². The van der Waals surface area contributed by atoms with Crippen LogP contribution in [0, 0.1) is 0 Å². The van der Waals surface area contributed by atoms with Crippen molar-refractivity contribution in [3.8, 4) is 11.5 Å². The van der Waals surface area contributed by atoms with E-state index < -0.39 is 6.10 Å². The van der Waals surface area contributed by atoms with E-state index in [0.717, 1.165) is 0 Å². The summed E-state index contributed by atoms with van der Waals surface area (Å²) in [5.41, 5.74) is 3.04. The zero-order valence-electron chi connectivity index (χ0n) is 10.8. The van der Waals surface area contributed by atoms with Crippen LogP contribution in [0.2, 0.25) is 0 Å². The SMILES string of the molecule is COc1ccccc1OCC(O)CNn1cccc1. The second-order valence-electron chi connectivity index (χ2n) is 4.07. The summed E-state index contributed by atoms with van der Waals surface area (Å²) in [5.74, 6) is 1.29. The predicted molar refractivity (Wildman–Crippen MR) is 73.2 cm³/mol. The van der Waals surface area contributed by atoms with E-state index in [2.05, 4.69) is 5.43 Å². The number of methoxy groups -OCH3 is 1. The van der Waals surface area contributed by atoms with Gasteiger partial charge < -0.3 is 20.0 Å². The molecule has 5 heteroatoms. The minimum atomic E-state index is -0.604. The second kappa shape index (κ2) is 6.70. The summed E-state index contributed by atoms with van der Waals surface area (Å²) < 4.78 is 12.5. The maximum Gasteiger partial charge on any atom is 0.161 e. The molecule has 102 valence electrons. The van der Waals surface area contributed by atoms with Gasteiger partial charge in [-0.2, -0.15) is 0 Å². The number of aliphatic hydroxyl groups excluding tert-OH is 1. The molecular formula is C14H18N2O3. The van der Waals surface area contributed by atoms with Gasteiger partial charge in [0.05, 0.1) is 13.7 Å². The molecule has 2 rings (SSSR count). The molecule has 5 nitrogen and oxygen atoms in total. The number of aliphatic hydroxyl groups is 1. The highest BCUT2D eigenvalue weighted by molar-refractivity contribution is 5.39. The van der Waals surface area contributed by atoms with Crippen molar-refractivity contribution in [2.75, 3.05) is 25.7 Å². The Kier molecular flexibility index (Phi) is 4.69. The van der Waals surface area contributed by atoms with E-state index in [4.69, 9.17) is 9.47 Å². The third-order valence-corrected chi connectivity index (χ3v) is 2.61. The maximum absolute atomic E-state index is 9.83. The molecule has 0 saturated carbocycles. The van der Waals surface area contributed by atoms with Crippen LogP contribution in [0.25, 0.3) is 0 Å². The molecule has 0 radical (unpaired) electrons. The Hall–Kier alpha value is -2.14. The number of hydrogen-bond acceptors (Lipinski definition) is 4. The van der Waals surface area contributed by atoms with Gasteiger partial charge in [-0.25, -0.2) is 0 Å². The van der Waals surface area contributed by atoms with Gasteiger partial charge in [0.25, 0.3) is 0 Å². The fourth-order valence-corrected chi connectivity index (χ4v) is 1.63. The Morgan fingerprint density at radius 1 is 1.16 bits per heavy atom. The Morgan fingerprint density at radius 2 is 1.84 bits per heavy atom. The maximum atomic E-state index is 9.83. The fraction of sp³-hybridized carbons (Fsp3) is 0.286. The van der Waals surface area contributed by atoms with Gasteiger partial charge in [0.1, 0.15) is 12.7 Å². The Balaban J connectivity index is 1.78. The number of nitrogens with zero attached hydrogens (tertiary/aromatic N) is 1. The van der Waals surface area contributed by atoms with Gasteiger partial charge in [-0.3, -0.25) is 4.68 Å². The summed E-state index contributed by atoms with van der Waals surface area (Å²) in [4.78, 5) is 0. The molecule has 1 aromatic heterocycles. The van der Waals surface area contributed by atoms with E-state index in [9.17, 15) is 5.11 Å². The molecule has 2 aromatic rings. The predicted octanol–water partition coefficient (Wildman–Crippen LogP) is 1.48. The molecule has 0 aliphatic carbocycles. The van der Waals surface area contributed by atoms with Crippen LogP contribution in [-0.4, -0.2) is 36.1 Å². The van der Waals surface area contributed by atoms with Crippen molar-refractivity contribution < 1.29 is 14.6 Å². The lowest BCUT2D eigenvalue weighted by atomic mass is 10.3. The summed E-state index contributed by atoms with van der Waals surface area (Å²) in [6.07, 6.45) is 3.13. The first kappa shape index (κ1) is 13.3. The fourth-order valence-electron chi connectivity index (χ4n) is 1.63. The number of hydrogen-bond donors (Lipinski definition) is 2. The van der Waals surface area contributed by atoms with E-state index in [1.807, 2.05) is 48.8 Å². The van der Waals surface area contributed by atoms with E-state index >= 15 is 0 Å². The smallest absolute Gasteiger partial charge is 0.161 e. The zero-order valence-corrected chi connectivity index (χ0v) is 10.8. The Labute approximate surface area is 112 Å². The third-order valence-electron chi connectivity index (χ3n) is 2.61. The van der Waals surface area contributed by atoms with Gasteiger partial charge in [-0.05, 0) is 24.3 Å². The summed E-state index contributed by atoms with van der Waals surface area (Å²) in [5, 5.41) is 9.83. The zero-order chi connectivity index (χ0) is 13.5. The topological polar surface area (TPSA) is 55.6 Å². The average molecular weight is 262 g/mol. The standard InChI is InChI=1S/C14H18N2O3/c1-18-13-6-2-3-7-14(13)19-11-12(17)10-15-16-8-4-5-9-16/h2-9,12,15,17H,10-11H2,1H3. The molecule has 0 saturated heterocycles. The number of rotatable bonds is 7. The highest BCUT2D eigenvalue weighted by Gasteiger charge is 2.07. The van der Waals surface area contributed by atoms with Crippen molar-refractivity contribution in [2.45, 2.75) is 6.10 Å². The number of aromatic nitrogens is 1. The highest BCUT2D eigenvalue weighted by atomic mass is 16.5. The van der Waals surface area contributed by atoms with Crippen LogP contribution in [0.5, 0.6) is 11.5 Å². The van der Waals surface area contributed by atoms with Crippen molar-refractivity contribution in [3.05, 3.63) is 48.8 Å². The van der Waals surface area contributed by atoms with Crippen molar-refractivity contribution in [2.24, 2.45) is 0 Å². The molecule has 0 bridgehead atoms. The number of nitrogens with one attached hydrogen (secondary N) is 1. The lowest BCUT2D eigenvalue weighted by molar-refractivity contribution is 0.113. The third kappa shape index (κ3) is 3.93. The van der Waals surface area contributed by atoms with Crippen molar-refractivity contribution in [1.29, 1.82) is 0 Å². The molecule has 0 spiro atoms. The largest absolute Gasteiger partial charge is 0.493 e. The first-order valence-corrected chi connectivity index (χ1v) is 6.10. The molecule has 0 amide bonds. The molecule has 0 aliphatic rings.